The maximum Gasteiger partial charge on any atom is 0.318 e. The van der Waals surface area contributed by atoms with E-state index < -0.39 is 0 Å². The van der Waals surface area contributed by atoms with E-state index in [4.69, 9.17) is 14.2 Å². The third-order valence-electron chi connectivity index (χ3n) is 3.54. The van der Waals surface area contributed by atoms with Crippen LogP contribution in [0.3, 0.4) is 0 Å². The van der Waals surface area contributed by atoms with E-state index in [1.165, 1.54) is 0 Å². The molecule has 1 fully saturated rings. The molecule has 1 aliphatic rings. The van der Waals surface area contributed by atoms with Crippen molar-refractivity contribution in [3.63, 3.8) is 0 Å². The topological polar surface area (TPSA) is 60.0 Å². The molecule has 1 N–H and O–H groups in total. The number of rotatable bonds is 4. The maximum absolute atomic E-state index is 12.2. The van der Waals surface area contributed by atoms with Crippen molar-refractivity contribution in [1.82, 2.24) is 10.2 Å². The molecule has 6 heteroatoms. The molecule has 0 radical (unpaired) electrons. The molecule has 1 atom stereocenters. The van der Waals surface area contributed by atoms with Gasteiger partial charge in [0, 0.05) is 18.7 Å². The zero-order valence-corrected chi connectivity index (χ0v) is 12.7. The summed E-state index contributed by atoms with van der Waals surface area (Å²) in [6.07, 6.45) is 0. The lowest BCUT2D eigenvalue weighted by atomic mass is 10.1. The van der Waals surface area contributed by atoms with Crippen molar-refractivity contribution in [3.05, 3.63) is 23.8 Å². The summed E-state index contributed by atoms with van der Waals surface area (Å²) in [6, 6.07) is 5.29. The highest BCUT2D eigenvalue weighted by molar-refractivity contribution is 5.75. The quantitative estimate of drug-likeness (QED) is 0.920. The van der Waals surface area contributed by atoms with Crippen molar-refractivity contribution in [2.24, 2.45) is 0 Å². The molecule has 2 amide bonds. The molecule has 0 saturated carbocycles. The Balaban J connectivity index is 2.08. The van der Waals surface area contributed by atoms with Gasteiger partial charge in [-0.25, -0.2) is 4.79 Å². The predicted octanol–water partition coefficient (Wildman–Crippen LogP) is 1.81. The number of nitrogens with one attached hydrogen (secondary N) is 1. The Labute approximate surface area is 125 Å². The van der Waals surface area contributed by atoms with Crippen molar-refractivity contribution in [2.75, 3.05) is 40.5 Å². The van der Waals surface area contributed by atoms with Gasteiger partial charge in [0.05, 0.1) is 33.5 Å². The summed E-state index contributed by atoms with van der Waals surface area (Å²) < 4.78 is 15.8. The normalized spacial score (nSPS) is 16.2. The number of carbonyl (C=O) groups is 1. The molecule has 1 aromatic rings. The molecule has 1 heterocycles. The summed E-state index contributed by atoms with van der Waals surface area (Å²) in [5.41, 5.74) is 0.887. The fourth-order valence-electron chi connectivity index (χ4n) is 2.30. The molecule has 116 valence electrons. The van der Waals surface area contributed by atoms with E-state index in [1.807, 2.05) is 25.1 Å². The van der Waals surface area contributed by atoms with E-state index in [0.29, 0.717) is 26.3 Å². The van der Waals surface area contributed by atoms with Gasteiger partial charge in [0.25, 0.3) is 0 Å². The smallest absolute Gasteiger partial charge is 0.318 e. The Morgan fingerprint density at radius 3 is 2.62 bits per heavy atom. The Morgan fingerprint density at radius 1 is 1.29 bits per heavy atom. The second-order valence-electron chi connectivity index (χ2n) is 4.88. The molecule has 21 heavy (non-hydrogen) atoms. The van der Waals surface area contributed by atoms with Crippen LogP contribution < -0.4 is 14.8 Å². The predicted molar refractivity (Wildman–Crippen MR) is 78.9 cm³/mol. The molecule has 1 aromatic carbocycles. The van der Waals surface area contributed by atoms with Crippen molar-refractivity contribution >= 4 is 6.03 Å². The first-order valence-corrected chi connectivity index (χ1v) is 7.01. The number of nitrogens with zero attached hydrogens (tertiary/aromatic N) is 1. The van der Waals surface area contributed by atoms with Crippen LogP contribution in [-0.4, -0.2) is 51.5 Å². The zero-order valence-electron chi connectivity index (χ0n) is 12.7. The summed E-state index contributed by atoms with van der Waals surface area (Å²) in [7, 11) is 3.23. The Hall–Kier alpha value is -1.95. The van der Waals surface area contributed by atoms with Gasteiger partial charge in [0.2, 0.25) is 0 Å². The van der Waals surface area contributed by atoms with Gasteiger partial charge in [0.1, 0.15) is 11.5 Å². The number of urea groups is 1. The van der Waals surface area contributed by atoms with Crippen molar-refractivity contribution in [3.8, 4) is 11.5 Å². The number of hydrogen-bond donors (Lipinski definition) is 1. The SMILES string of the molecule is COc1ccc(OC)c(C(C)NC(=O)N2CCOCC2)c1. The minimum absolute atomic E-state index is 0.0873. The van der Waals surface area contributed by atoms with Crippen LogP contribution >= 0.6 is 0 Å². The van der Waals surface area contributed by atoms with Crippen LogP contribution in [0.1, 0.15) is 18.5 Å². The van der Waals surface area contributed by atoms with Gasteiger partial charge < -0.3 is 24.4 Å². The zero-order chi connectivity index (χ0) is 15.2. The summed E-state index contributed by atoms with van der Waals surface area (Å²) in [6.45, 7) is 4.34. The summed E-state index contributed by atoms with van der Waals surface area (Å²) in [4.78, 5) is 14.0. The average molecular weight is 294 g/mol. The number of carbonyl (C=O) groups excluding carboxylic acids is 1. The second-order valence-corrected chi connectivity index (χ2v) is 4.88. The highest BCUT2D eigenvalue weighted by atomic mass is 16.5. The highest BCUT2D eigenvalue weighted by Gasteiger charge is 2.20. The fraction of sp³-hybridized carbons (Fsp3) is 0.533. The molecule has 0 aliphatic carbocycles. The minimum Gasteiger partial charge on any atom is -0.497 e. The van der Waals surface area contributed by atoms with Gasteiger partial charge in [-0.3, -0.25) is 0 Å². The van der Waals surface area contributed by atoms with E-state index in [0.717, 1.165) is 17.1 Å². The molecule has 1 saturated heterocycles. The van der Waals surface area contributed by atoms with Crippen LogP contribution in [0.15, 0.2) is 18.2 Å². The molecular weight excluding hydrogens is 272 g/mol. The third kappa shape index (κ3) is 3.78. The Morgan fingerprint density at radius 2 is 2.00 bits per heavy atom. The molecule has 2 rings (SSSR count). The van der Waals surface area contributed by atoms with E-state index >= 15 is 0 Å². The van der Waals surface area contributed by atoms with Crippen LogP contribution in [0.2, 0.25) is 0 Å². The summed E-state index contributed by atoms with van der Waals surface area (Å²) in [5.74, 6) is 1.46. The maximum atomic E-state index is 12.2. The first-order valence-electron chi connectivity index (χ1n) is 7.01. The van der Waals surface area contributed by atoms with Crippen molar-refractivity contribution in [1.29, 1.82) is 0 Å². The van der Waals surface area contributed by atoms with Gasteiger partial charge in [-0.2, -0.15) is 0 Å². The molecular formula is C15H22N2O4. The average Bonchev–Trinajstić information content (AvgIpc) is 2.54. The molecule has 0 aromatic heterocycles. The van der Waals surface area contributed by atoms with Crippen LogP contribution in [-0.2, 0) is 4.74 Å². The largest absolute Gasteiger partial charge is 0.497 e. The van der Waals surface area contributed by atoms with Crippen molar-refractivity contribution in [2.45, 2.75) is 13.0 Å². The third-order valence-corrected chi connectivity index (χ3v) is 3.54. The van der Waals surface area contributed by atoms with E-state index in [9.17, 15) is 4.79 Å². The van der Waals surface area contributed by atoms with Crippen LogP contribution in [0.25, 0.3) is 0 Å². The van der Waals surface area contributed by atoms with Crippen molar-refractivity contribution < 1.29 is 19.0 Å². The van der Waals surface area contributed by atoms with Gasteiger partial charge in [0.15, 0.2) is 0 Å². The van der Waals surface area contributed by atoms with Crippen LogP contribution in [0.4, 0.5) is 4.79 Å². The standard InChI is InChI=1S/C15H22N2O4/c1-11(16-15(18)17-6-8-21-9-7-17)13-10-12(19-2)4-5-14(13)20-3/h4-5,10-11H,6-9H2,1-3H3,(H,16,18). The molecule has 0 bridgehead atoms. The minimum atomic E-state index is -0.176. The van der Waals surface area contributed by atoms with E-state index in [-0.39, 0.29) is 12.1 Å². The Bertz CT molecular complexity index is 487. The lowest BCUT2D eigenvalue weighted by Gasteiger charge is -2.29. The first-order chi connectivity index (χ1) is 10.2. The highest BCUT2D eigenvalue weighted by Crippen LogP contribution is 2.29. The van der Waals surface area contributed by atoms with E-state index in [2.05, 4.69) is 5.32 Å². The monoisotopic (exact) mass is 294 g/mol. The van der Waals surface area contributed by atoms with Crippen LogP contribution in [0.5, 0.6) is 11.5 Å². The number of hydrogen-bond acceptors (Lipinski definition) is 4. The molecule has 1 aliphatic heterocycles. The number of benzene rings is 1. The second kappa shape index (κ2) is 7.17. The van der Waals surface area contributed by atoms with Crippen LogP contribution in [0, 0.1) is 0 Å². The number of amides is 2. The van der Waals surface area contributed by atoms with Gasteiger partial charge in [-0.1, -0.05) is 0 Å². The fourth-order valence-corrected chi connectivity index (χ4v) is 2.30. The number of morpholine rings is 1. The molecule has 0 spiro atoms. The number of methoxy groups -OCH3 is 2. The lowest BCUT2D eigenvalue weighted by Crippen LogP contribution is -2.46. The summed E-state index contributed by atoms with van der Waals surface area (Å²) >= 11 is 0. The van der Waals surface area contributed by atoms with Gasteiger partial charge >= 0.3 is 6.03 Å². The number of ether oxygens (including phenoxy) is 3. The lowest BCUT2D eigenvalue weighted by molar-refractivity contribution is 0.0526. The van der Waals surface area contributed by atoms with E-state index in [1.54, 1.807) is 19.1 Å². The molecule has 6 nitrogen and oxygen atoms in total. The van der Waals surface area contributed by atoms with Gasteiger partial charge in [-0.05, 0) is 25.1 Å². The molecule has 1 unspecified atom stereocenters. The Kier molecular flexibility index (Phi) is 5.27. The van der Waals surface area contributed by atoms with Gasteiger partial charge in [-0.15, -0.1) is 0 Å². The summed E-state index contributed by atoms with van der Waals surface area (Å²) in [5, 5.41) is 2.99. The first kappa shape index (κ1) is 15.4.